The van der Waals surface area contributed by atoms with Gasteiger partial charge in [-0.3, -0.25) is 4.79 Å². The lowest BCUT2D eigenvalue weighted by molar-refractivity contribution is -0.136. The Hall–Kier alpha value is -1.85. The Bertz CT molecular complexity index is 742. The SMILES string of the molecule is CCN(C)CC(C)C(=O)N1CCc2onc(-c3ccc(Cl)cc3)c2C1. The van der Waals surface area contributed by atoms with Crippen molar-refractivity contribution in [2.45, 2.75) is 26.8 Å². The average Bonchev–Trinajstić information content (AvgIpc) is 3.04. The Morgan fingerprint density at radius 2 is 2.12 bits per heavy atom. The van der Waals surface area contributed by atoms with Crippen molar-refractivity contribution in [2.75, 3.05) is 26.7 Å². The van der Waals surface area contributed by atoms with Crippen LogP contribution in [0.2, 0.25) is 5.02 Å². The highest BCUT2D eigenvalue weighted by molar-refractivity contribution is 6.30. The van der Waals surface area contributed by atoms with Crippen LogP contribution in [0.15, 0.2) is 28.8 Å². The van der Waals surface area contributed by atoms with E-state index in [4.69, 9.17) is 16.1 Å². The maximum absolute atomic E-state index is 12.8. The molecule has 1 aromatic carbocycles. The van der Waals surface area contributed by atoms with E-state index < -0.39 is 0 Å². The number of hydrogen-bond acceptors (Lipinski definition) is 4. The molecular weight excluding hydrogens is 338 g/mol. The summed E-state index contributed by atoms with van der Waals surface area (Å²) in [6, 6.07) is 7.54. The predicted molar refractivity (Wildman–Crippen MR) is 98.4 cm³/mol. The molecule has 1 atom stereocenters. The number of halogens is 1. The maximum Gasteiger partial charge on any atom is 0.227 e. The monoisotopic (exact) mass is 361 g/mol. The number of rotatable bonds is 5. The van der Waals surface area contributed by atoms with E-state index in [0.29, 0.717) is 24.5 Å². The molecule has 1 amide bonds. The van der Waals surface area contributed by atoms with Crippen LogP contribution in [-0.2, 0) is 17.8 Å². The largest absolute Gasteiger partial charge is 0.360 e. The fourth-order valence-corrected chi connectivity index (χ4v) is 3.34. The van der Waals surface area contributed by atoms with Gasteiger partial charge in [0, 0.05) is 41.6 Å². The lowest BCUT2D eigenvalue weighted by Gasteiger charge is -2.30. The van der Waals surface area contributed by atoms with E-state index in [1.165, 1.54) is 0 Å². The molecule has 2 heterocycles. The Morgan fingerprint density at radius 3 is 2.80 bits per heavy atom. The fourth-order valence-electron chi connectivity index (χ4n) is 3.22. The van der Waals surface area contributed by atoms with Crippen LogP contribution in [0, 0.1) is 5.92 Å². The van der Waals surface area contributed by atoms with Gasteiger partial charge in [-0.1, -0.05) is 42.7 Å². The number of hydrogen-bond donors (Lipinski definition) is 0. The van der Waals surface area contributed by atoms with E-state index >= 15 is 0 Å². The molecule has 1 aromatic heterocycles. The summed E-state index contributed by atoms with van der Waals surface area (Å²) in [5.41, 5.74) is 2.78. The summed E-state index contributed by atoms with van der Waals surface area (Å²) < 4.78 is 5.51. The van der Waals surface area contributed by atoms with Crippen LogP contribution in [0.1, 0.15) is 25.2 Å². The van der Waals surface area contributed by atoms with Crippen LogP contribution < -0.4 is 0 Å². The second-order valence-corrected chi connectivity index (χ2v) is 7.14. The molecule has 134 valence electrons. The molecule has 25 heavy (non-hydrogen) atoms. The van der Waals surface area contributed by atoms with Crippen LogP contribution in [0.5, 0.6) is 0 Å². The minimum absolute atomic E-state index is 0.0228. The third-order valence-electron chi connectivity index (χ3n) is 4.80. The van der Waals surface area contributed by atoms with Crippen molar-refractivity contribution in [3.63, 3.8) is 0 Å². The van der Waals surface area contributed by atoms with E-state index in [9.17, 15) is 4.79 Å². The van der Waals surface area contributed by atoms with Crippen LogP contribution in [-0.4, -0.2) is 47.5 Å². The van der Waals surface area contributed by atoms with Gasteiger partial charge in [0.1, 0.15) is 11.5 Å². The third-order valence-corrected chi connectivity index (χ3v) is 5.06. The highest BCUT2D eigenvalue weighted by Gasteiger charge is 2.29. The number of aromatic nitrogens is 1. The lowest BCUT2D eigenvalue weighted by Crippen LogP contribution is -2.42. The normalized spacial score (nSPS) is 15.3. The Morgan fingerprint density at radius 1 is 1.40 bits per heavy atom. The van der Waals surface area contributed by atoms with Crippen LogP contribution in [0.3, 0.4) is 0 Å². The third kappa shape index (κ3) is 3.88. The second kappa shape index (κ2) is 7.58. The highest BCUT2D eigenvalue weighted by Crippen LogP contribution is 2.31. The zero-order valence-corrected chi connectivity index (χ0v) is 15.7. The van der Waals surface area contributed by atoms with Gasteiger partial charge in [0.25, 0.3) is 0 Å². The van der Waals surface area contributed by atoms with E-state index in [1.54, 1.807) is 0 Å². The van der Waals surface area contributed by atoms with Gasteiger partial charge in [0.15, 0.2) is 0 Å². The minimum atomic E-state index is -0.0228. The summed E-state index contributed by atoms with van der Waals surface area (Å²) >= 11 is 5.97. The summed E-state index contributed by atoms with van der Waals surface area (Å²) in [7, 11) is 2.04. The molecule has 0 fully saturated rings. The molecule has 0 aliphatic carbocycles. The molecule has 0 saturated carbocycles. The highest BCUT2D eigenvalue weighted by atomic mass is 35.5. The first-order valence-electron chi connectivity index (χ1n) is 8.70. The van der Waals surface area contributed by atoms with E-state index in [-0.39, 0.29) is 11.8 Å². The Kier molecular flexibility index (Phi) is 5.45. The van der Waals surface area contributed by atoms with Gasteiger partial charge in [-0.25, -0.2) is 0 Å². The fraction of sp³-hybridized carbons (Fsp3) is 0.474. The molecule has 6 heteroatoms. The molecular formula is C19H24ClN3O2. The molecule has 2 aromatic rings. The van der Waals surface area contributed by atoms with Crippen molar-refractivity contribution in [2.24, 2.45) is 5.92 Å². The first kappa shape index (κ1) is 18.0. The maximum atomic E-state index is 12.8. The van der Waals surface area contributed by atoms with Crippen LogP contribution in [0.25, 0.3) is 11.3 Å². The van der Waals surface area contributed by atoms with Crippen molar-refractivity contribution in [3.05, 3.63) is 40.6 Å². The molecule has 5 nitrogen and oxygen atoms in total. The number of benzene rings is 1. The van der Waals surface area contributed by atoms with Gasteiger partial charge >= 0.3 is 0 Å². The molecule has 0 bridgehead atoms. The Balaban J connectivity index is 1.77. The smallest absolute Gasteiger partial charge is 0.227 e. The molecule has 3 rings (SSSR count). The zero-order valence-electron chi connectivity index (χ0n) is 15.0. The first-order chi connectivity index (χ1) is 12.0. The van der Waals surface area contributed by atoms with Crippen molar-refractivity contribution in [1.29, 1.82) is 0 Å². The summed E-state index contributed by atoms with van der Waals surface area (Å²) in [6.07, 6.45) is 0.706. The standard InChI is InChI=1S/C19H24ClN3O2/c1-4-22(3)11-13(2)19(24)23-10-9-17-16(12-23)18(21-25-17)14-5-7-15(20)8-6-14/h5-8,13H,4,9-12H2,1-3H3. The molecule has 0 saturated heterocycles. The number of fused-ring (bicyclic) bond motifs is 1. The number of nitrogens with zero attached hydrogens (tertiary/aromatic N) is 3. The number of amides is 1. The summed E-state index contributed by atoms with van der Waals surface area (Å²) in [5.74, 6) is 1.05. The molecule has 1 aliphatic rings. The van der Waals surface area contributed by atoms with Crippen molar-refractivity contribution in [3.8, 4) is 11.3 Å². The topological polar surface area (TPSA) is 49.6 Å². The van der Waals surface area contributed by atoms with Crippen LogP contribution in [0.4, 0.5) is 0 Å². The van der Waals surface area contributed by atoms with Crippen molar-refractivity contribution < 1.29 is 9.32 Å². The van der Waals surface area contributed by atoms with Gasteiger partial charge in [0.2, 0.25) is 5.91 Å². The quantitative estimate of drug-likeness (QED) is 0.818. The molecule has 0 radical (unpaired) electrons. The first-order valence-corrected chi connectivity index (χ1v) is 9.08. The molecule has 0 spiro atoms. The molecule has 1 aliphatic heterocycles. The van der Waals surface area contributed by atoms with Gasteiger partial charge < -0.3 is 14.3 Å². The molecule has 1 unspecified atom stereocenters. The summed E-state index contributed by atoms with van der Waals surface area (Å²) in [6.45, 7) is 7.04. The summed E-state index contributed by atoms with van der Waals surface area (Å²) in [5, 5.41) is 4.92. The van der Waals surface area contributed by atoms with Crippen molar-refractivity contribution in [1.82, 2.24) is 15.0 Å². The predicted octanol–water partition coefficient (Wildman–Crippen LogP) is 3.47. The number of carbonyl (C=O) groups is 1. The second-order valence-electron chi connectivity index (χ2n) is 6.71. The zero-order chi connectivity index (χ0) is 18.0. The minimum Gasteiger partial charge on any atom is -0.360 e. The average molecular weight is 362 g/mol. The number of carbonyl (C=O) groups excluding carboxylic acids is 1. The van der Waals surface area contributed by atoms with Gasteiger partial charge in [-0.2, -0.15) is 0 Å². The lowest BCUT2D eigenvalue weighted by atomic mass is 10.00. The van der Waals surface area contributed by atoms with E-state index in [1.807, 2.05) is 43.1 Å². The van der Waals surface area contributed by atoms with E-state index in [2.05, 4.69) is 17.0 Å². The Labute approximate surface area is 153 Å². The van der Waals surface area contributed by atoms with Gasteiger partial charge in [0.05, 0.1) is 6.54 Å². The summed E-state index contributed by atoms with van der Waals surface area (Å²) in [4.78, 5) is 16.9. The van der Waals surface area contributed by atoms with Gasteiger partial charge in [-0.15, -0.1) is 0 Å². The van der Waals surface area contributed by atoms with E-state index in [0.717, 1.165) is 35.7 Å². The van der Waals surface area contributed by atoms with Gasteiger partial charge in [-0.05, 0) is 25.7 Å². The van der Waals surface area contributed by atoms with Crippen molar-refractivity contribution >= 4 is 17.5 Å². The van der Waals surface area contributed by atoms with Crippen LogP contribution >= 0.6 is 11.6 Å². The molecule has 0 N–H and O–H groups in total.